The second kappa shape index (κ2) is 7.93. The molecule has 0 radical (unpaired) electrons. The minimum atomic E-state index is -3.60. The molecule has 29 heavy (non-hydrogen) atoms. The molecule has 4 rings (SSSR count). The van der Waals surface area contributed by atoms with Crippen LogP contribution in [-0.4, -0.2) is 53.7 Å². The number of hydrogen-bond acceptors (Lipinski definition) is 5. The van der Waals surface area contributed by atoms with Gasteiger partial charge in [-0.15, -0.1) is 0 Å². The standard InChI is InChI=1S/C21H22N2O4S2/c1-15-2-4-16(5-3-15)17-6-8-19(9-7-17)29(26,27)22-12-10-18(11-13-22)23-20(24)14-28-21(23)25/h2-9,18H,10-14H2,1H3. The average Bonchev–Trinajstić information content (AvgIpc) is 3.07. The first-order valence-electron chi connectivity index (χ1n) is 9.52. The molecular formula is C21H22N2O4S2. The van der Waals surface area contributed by atoms with E-state index in [1.54, 1.807) is 12.1 Å². The van der Waals surface area contributed by atoms with Crippen LogP contribution in [0.5, 0.6) is 0 Å². The van der Waals surface area contributed by atoms with Crippen molar-refractivity contribution in [3.63, 3.8) is 0 Å². The quantitative estimate of drug-likeness (QED) is 0.742. The molecule has 0 bridgehead atoms. The maximum atomic E-state index is 13.0. The van der Waals surface area contributed by atoms with E-state index in [-0.39, 0.29) is 27.8 Å². The van der Waals surface area contributed by atoms with E-state index in [0.29, 0.717) is 25.9 Å². The molecule has 8 heteroatoms. The van der Waals surface area contributed by atoms with Crippen molar-refractivity contribution in [2.75, 3.05) is 18.8 Å². The van der Waals surface area contributed by atoms with E-state index < -0.39 is 10.0 Å². The molecule has 2 heterocycles. The Bertz CT molecular complexity index is 1010. The normalized spacial score (nSPS) is 19.1. The van der Waals surface area contributed by atoms with Gasteiger partial charge < -0.3 is 0 Å². The predicted molar refractivity (Wildman–Crippen MR) is 113 cm³/mol. The zero-order chi connectivity index (χ0) is 20.6. The third kappa shape index (κ3) is 3.97. The van der Waals surface area contributed by atoms with E-state index in [2.05, 4.69) is 0 Å². The van der Waals surface area contributed by atoms with Gasteiger partial charge in [-0.25, -0.2) is 8.42 Å². The van der Waals surface area contributed by atoms with Crippen molar-refractivity contribution >= 4 is 32.9 Å². The smallest absolute Gasteiger partial charge is 0.273 e. The summed E-state index contributed by atoms with van der Waals surface area (Å²) >= 11 is 1.02. The molecule has 2 aromatic rings. The van der Waals surface area contributed by atoms with Gasteiger partial charge in [0.2, 0.25) is 15.9 Å². The Kier molecular flexibility index (Phi) is 5.50. The number of imide groups is 1. The minimum Gasteiger partial charge on any atom is -0.273 e. The van der Waals surface area contributed by atoms with Crippen molar-refractivity contribution in [1.29, 1.82) is 0 Å². The van der Waals surface area contributed by atoms with Gasteiger partial charge in [-0.3, -0.25) is 14.5 Å². The van der Waals surface area contributed by atoms with Crippen molar-refractivity contribution in [3.8, 4) is 11.1 Å². The molecule has 2 aliphatic heterocycles. The van der Waals surface area contributed by atoms with Gasteiger partial charge in [-0.05, 0) is 43.0 Å². The summed E-state index contributed by atoms with van der Waals surface area (Å²) < 4.78 is 27.5. The van der Waals surface area contributed by atoms with E-state index in [1.165, 1.54) is 14.8 Å². The summed E-state index contributed by atoms with van der Waals surface area (Å²) in [7, 11) is -3.60. The number of benzene rings is 2. The average molecular weight is 431 g/mol. The summed E-state index contributed by atoms with van der Waals surface area (Å²) in [6, 6.07) is 14.8. The number of hydrogen-bond donors (Lipinski definition) is 0. The van der Waals surface area contributed by atoms with Crippen molar-refractivity contribution in [1.82, 2.24) is 9.21 Å². The molecule has 2 aliphatic rings. The molecule has 0 saturated carbocycles. The predicted octanol–water partition coefficient (Wildman–Crippen LogP) is 3.51. The van der Waals surface area contributed by atoms with Gasteiger partial charge in [0.15, 0.2) is 0 Å². The highest BCUT2D eigenvalue weighted by atomic mass is 32.2. The van der Waals surface area contributed by atoms with Crippen LogP contribution in [0.2, 0.25) is 0 Å². The van der Waals surface area contributed by atoms with Crippen LogP contribution in [0.3, 0.4) is 0 Å². The third-order valence-corrected chi connectivity index (χ3v) is 8.20. The van der Waals surface area contributed by atoms with Crippen molar-refractivity contribution < 1.29 is 18.0 Å². The van der Waals surface area contributed by atoms with Crippen molar-refractivity contribution in [2.45, 2.75) is 30.7 Å². The first kappa shape index (κ1) is 20.1. The lowest BCUT2D eigenvalue weighted by molar-refractivity contribution is -0.126. The van der Waals surface area contributed by atoms with Gasteiger partial charge in [-0.2, -0.15) is 4.31 Å². The lowest BCUT2D eigenvalue weighted by Gasteiger charge is -2.34. The van der Waals surface area contributed by atoms with E-state index >= 15 is 0 Å². The number of nitrogens with zero attached hydrogens (tertiary/aromatic N) is 2. The number of thioether (sulfide) groups is 1. The Labute approximate surface area is 174 Å². The molecule has 2 fully saturated rings. The highest BCUT2D eigenvalue weighted by Gasteiger charge is 2.39. The van der Waals surface area contributed by atoms with Gasteiger partial charge in [-0.1, -0.05) is 53.7 Å². The Morgan fingerprint density at radius 1 is 0.897 bits per heavy atom. The number of sulfonamides is 1. The Balaban J connectivity index is 1.46. The minimum absolute atomic E-state index is 0.173. The Morgan fingerprint density at radius 3 is 1.97 bits per heavy atom. The molecule has 2 aromatic carbocycles. The highest BCUT2D eigenvalue weighted by Crippen LogP contribution is 2.29. The van der Waals surface area contributed by atoms with Crippen LogP contribution >= 0.6 is 11.8 Å². The summed E-state index contributed by atoms with van der Waals surface area (Å²) in [6.45, 7) is 2.62. The molecule has 0 aromatic heterocycles. The summed E-state index contributed by atoms with van der Waals surface area (Å²) in [5.41, 5.74) is 3.18. The Morgan fingerprint density at radius 2 is 1.45 bits per heavy atom. The summed E-state index contributed by atoms with van der Waals surface area (Å²) in [5, 5.41) is -0.219. The van der Waals surface area contributed by atoms with Crippen LogP contribution in [0.1, 0.15) is 18.4 Å². The fourth-order valence-electron chi connectivity index (χ4n) is 3.77. The van der Waals surface area contributed by atoms with Gasteiger partial charge in [0.25, 0.3) is 5.24 Å². The maximum absolute atomic E-state index is 13.0. The number of piperidine rings is 1. The van der Waals surface area contributed by atoms with E-state index in [1.807, 2.05) is 43.3 Å². The molecule has 2 saturated heterocycles. The van der Waals surface area contributed by atoms with Crippen molar-refractivity contribution in [3.05, 3.63) is 54.1 Å². The number of amides is 2. The molecule has 2 amide bonds. The monoisotopic (exact) mass is 430 g/mol. The van der Waals surface area contributed by atoms with Crippen LogP contribution < -0.4 is 0 Å². The first-order chi connectivity index (χ1) is 13.9. The lowest BCUT2D eigenvalue weighted by Crippen LogP contribution is -2.48. The number of rotatable bonds is 4. The second-order valence-electron chi connectivity index (χ2n) is 7.34. The summed E-state index contributed by atoms with van der Waals surface area (Å²) in [4.78, 5) is 25.4. The fourth-order valence-corrected chi connectivity index (χ4v) is 6.02. The van der Waals surface area contributed by atoms with Crippen LogP contribution in [0, 0.1) is 6.92 Å². The fraction of sp³-hybridized carbons (Fsp3) is 0.333. The van der Waals surface area contributed by atoms with Gasteiger partial charge >= 0.3 is 0 Å². The highest BCUT2D eigenvalue weighted by molar-refractivity contribution is 8.14. The number of aryl methyl sites for hydroxylation is 1. The van der Waals surface area contributed by atoms with Gasteiger partial charge in [0.05, 0.1) is 10.6 Å². The zero-order valence-electron chi connectivity index (χ0n) is 16.1. The van der Waals surface area contributed by atoms with Crippen molar-refractivity contribution in [2.24, 2.45) is 0 Å². The van der Waals surface area contributed by atoms with Gasteiger partial charge in [0, 0.05) is 19.1 Å². The van der Waals surface area contributed by atoms with E-state index in [9.17, 15) is 18.0 Å². The topological polar surface area (TPSA) is 74.8 Å². The molecule has 0 atom stereocenters. The molecule has 6 nitrogen and oxygen atoms in total. The first-order valence-corrected chi connectivity index (χ1v) is 11.9. The second-order valence-corrected chi connectivity index (χ2v) is 10.2. The van der Waals surface area contributed by atoms with Crippen LogP contribution in [0.15, 0.2) is 53.4 Å². The number of carbonyl (C=O) groups is 2. The molecule has 0 unspecified atom stereocenters. The molecule has 0 aliphatic carbocycles. The third-order valence-electron chi connectivity index (χ3n) is 5.45. The van der Waals surface area contributed by atoms with E-state index in [0.717, 1.165) is 22.9 Å². The van der Waals surface area contributed by atoms with Crippen LogP contribution in [-0.2, 0) is 14.8 Å². The lowest BCUT2D eigenvalue weighted by atomic mass is 10.0. The molecular weight excluding hydrogens is 408 g/mol. The Hall–Kier alpha value is -2.16. The van der Waals surface area contributed by atoms with E-state index in [4.69, 9.17) is 0 Å². The van der Waals surface area contributed by atoms with Crippen LogP contribution in [0.25, 0.3) is 11.1 Å². The largest absolute Gasteiger partial charge is 0.289 e. The zero-order valence-corrected chi connectivity index (χ0v) is 17.7. The van der Waals surface area contributed by atoms with Crippen LogP contribution in [0.4, 0.5) is 4.79 Å². The summed E-state index contributed by atoms with van der Waals surface area (Å²) in [5.74, 6) is 0.0120. The maximum Gasteiger partial charge on any atom is 0.289 e. The molecule has 152 valence electrons. The molecule has 0 spiro atoms. The van der Waals surface area contributed by atoms with Gasteiger partial charge in [0.1, 0.15) is 0 Å². The number of carbonyl (C=O) groups excluding carboxylic acids is 2. The SMILES string of the molecule is Cc1ccc(-c2ccc(S(=O)(=O)N3CCC(N4C(=O)CSC4=O)CC3)cc2)cc1. The summed E-state index contributed by atoms with van der Waals surface area (Å²) in [6.07, 6.45) is 0.942. The molecule has 0 N–H and O–H groups in total.